The molecule has 0 spiro atoms. The molecule has 1 aromatic carbocycles. The fraction of sp³-hybridized carbons (Fsp3) is 0.200. The fourth-order valence-electron chi connectivity index (χ4n) is 1.85. The summed E-state index contributed by atoms with van der Waals surface area (Å²) in [5, 5.41) is 0. The summed E-state index contributed by atoms with van der Waals surface area (Å²) in [4.78, 5) is 17.0. The van der Waals surface area contributed by atoms with Gasteiger partial charge in [-0.1, -0.05) is 0 Å². The lowest BCUT2D eigenvalue weighted by atomic mass is 10.1. The Morgan fingerprint density at radius 1 is 1.14 bits per heavy atom. The Kier molecular flexibility index (Phi) is 4.16. The van der Waals surface area contributed by atoms with E-state index in [1.165, 1.54) is 23.2 Å². The number of halogens is 4. The first kappa shape index (κ1) is 15.9. The summed E-state index contributed by atoms with van der Waals surface area (Å²) in [6, 6.07) is 5.02. The number of benzene rings is 1. The van der Waals surface area contributed by atoms with Gasteiger partial charge in [-0.25, -0.2) is 4.39 Å². The van der Waals surface area contributed by atoms with Crippen molar-refractivity contribution < 1.29 is 22.4 Å². The standard InChI is InChI=1S/C15H12F4N2O/c1-21(2)14(22)9-3-4-13(20-8-9)10-5-11(15(17,18)19)7-12(16)6-10/h3-8H,1-2H3. The lowest BCUT2D eigenvalue weighted by Crippen LogP contribution is -2.21. The van der Waals surface area contributed by atoms with Crippen LogP contribution in [0.3, 0.4) is 0 Å². The normalized spacial score (nSPS) is 11.4. The van der Waals surface area contributed by atoms with Gasteiger partial charge in [-0.05, 0) is 30.3 Å². The van der Waals surface area contributed by atoms with Gasteiger partial charge in [0.1, 0.15) is 5.82 Å². The Morgan fingerprint density at radius 3 is 2.32 bits per heavy atom. The highest BCUT2D eigenvalue weighted by atomic mass is 19.4. The molecule has 1 aromatic heterocycles. The average molecular weight is 312 g/mol. The molecule has 1 heterocycles. The third-order valence-corrected chi connectivity index (χ3v) is 2.94. The molecule has 0 radical (unpaired) electrons. The molecule has 0 aliphatic carbocycles. The lowest BCUT2D eigenvalue weighted by Gasteiger charge is -2.11. The highest BCUT2D eigenvalue weighted by molar-refractivity contribution is 5.93. The molecule has 1 amide bonds. The van der Waals surface area contributed by atoms with Crippen LogP contribution in [0.1, 0.15) is 15.9 Å². The van der Waals surface area contributed by atoms with Crippen LogP contribution < -0.4 is 0 Å². The van der Waals surface area contributed by atoms with Crippen molar-refractivity contribution in [2.45, 2.75) is 6.18 Å². The van der Waals surface area contributed by atoms with E-state index in [0.29, 0.717) is 11.6 Å². The SMILES string of the molecule is CN(C)C(=O)c1ccc(-c2cc(F)cc(C(F)(F)F)c2)nc1. The third kappa shape index (κ3) is 3.41. The summed E-state index contributed by atoms with van der Waals surface area (Å²) in [6.07, 6.45) is -3.40. The van der Waals surface area contributed by atoms with Gasteiger partial charge >= 0.3 is 6.18 Å². The molecule has 0 saturated heterocycles. The van der Waals surface area contributed by atoms with Crippen LogP contribution in [0.5, 0.6) is 0 Å². The van der Waals surface area contributed by atoms with Gasteiger partial charge in [0.25, 0.3) is 5.91 Å². The van der Waals surface area contributed by atoms with Crippen LogP contribution in [-0.2, 0) is 6.18 Å². The van der Waals surface area contributed by atoms with Crippen LogP contribution in [-0.4, -0.2) is 29.9 Å². The van der Waals surface area contributed by atoms with E-state index in [0.717, 1.165) is 12.1 Å². The molecule has 2 rings (SSSR count). The van der Waals surface area contributed by atoms with Crippen LogP contribution in [0, 0.1) is 5.82 Å². The molecule has 0 bridgehead atoms. The van der Waals surface area contributed by atoms with Crippen molar-refractivity contribution in [2.24, 2.45) is 0 Å². The topological polar surface area (TPSA) is 33.2 Å². The van der Waals surface area contributed by atoms with Crippen molar-refractivity contribution in [3.63, 3.8) is 0 Å². The molecule has 7 heteroatoms. The van der Waals surface area contributed by atoms with Gasteiger partial charge in [0, 0.05) is 25.9 Å². The van der Waals surface area contributed by atoms with E-state index in [4.69, 9.17) is 0 Å². The smallest absolute Gasteiger partial charge is 0.345 e. The van der Waals surface area contributed by atoms with Crippen LogP contribution in [0.25, 0.3) is 11.3 Å². The number of hydrogen-bond acceptors (Lipinski definition) is 2. The Bertz CT molecular complexity index is 694. The summed E-state index contributed by atoms with van der Waals surface area (Å²) < 4.78 is 51.4. The Morgan fingerprint density at radius 2 is 1.82 bits per heavy atom. The molecule has 22 heavy (non-hydrogen) atoms. The summed E-state index contributed by atoms with van der Waals surface area (Å²) in [7, 11) is 3.14. The molecule has 0 fully saturated rings. The van der Waals surface area contributed by atoms with Crippen molar-refractivity contribution in [3.05, 3.63) is 53.5 Å². The van der Waals surface area contributed by atoms with Crippen molar-refractivity contribution in [3.8, 4) is 11.3 Å². The van der Waals surface area contributed by atoms with Crippen LogP contribution in [0.4, 0.5) is 17.6 Å². The summed E-state index contributed by atoms with van der Waals surface area (Å²) >= 11 is 0. The number of hydrogen-bond donors (Lipinski definition) is 0. The van der Waals surface area contributed by atoms with Gasteiger partial charge in [-0.3, -0.25) is 9.78 Å². The van der Waals surface area contributed by atoms with Crippen molar-refractivity contribution in [2.75, 3.05) is 14.1 Å². The minimum Gasteiger partial charge on any atom is -0.345 e. The van der Waals surface area contributed by atoms with Gasteiger partial charge < -0.3 is 4.90 Å². The molecule has 0 atom stereocenters. The molecule has 116 valence electrons. The number of nitrogens with zero attached hydrogens (tertiary/aromatic N) is 2. The number of alkyl halides is 3. The molecule has 0 unspecified atom stereocenters. The number of carbonyl (C=O) groups is 1. The highest BCUT2D eigenvalue weighted by Crippen LogP contribution is 2.32. The second kappa shape index (κ2) is 5.75. The number of amides is 1. The second-order valence-electron chi connectivity index (χ2n) is 4.86. The Balaban J connectivity index is 2.40. The van der Waals surface area contributed by atoms with Gasteiger partial charge in [0.15, 0.2) is 0 Å². The van der Waals surface area contributed by atoms with E-state index in [1.807, 2.05) is 0 Å². The van der Waals surface area contributed by atoms with Gasteiger partial charge in [0.05, 0.1) is 16.8 Å². The molecule has 0 aliphatic rings. The predicted molar refractivity (Wildman–Crippen MR) is 72.7 cm³/mol. The monoisotopic (exact) mass is 312 g/mol. The zero-order valence-electron chi connectivity index (χ0n) is 11.8. The maximum Gasteiger partial charge on any atom is 0.416 e. The van der Waals surface area contributed by atoms with Crippen molar-refractivity contribution in [1.29, 1.82) is 0 Å². The van der Waals surface area contributed by atoms with Crippen molar-refractivity contribution in [1.82, 2.24) is 9.88 Å². The highest BCUT2D eigenvalue weighted by Gasteiger charge is 2.31. The van der Waals surface area contributed by atoms with Gasteiger partial charge in [-0.2, -0.15) is 13.2 Å². The van der Waals surface area contributed by atoms with E-state index >= 15 is 0 Å². The Labute approximate surface area is 124 Å². The van der Waals surface area contributed by atoms with E-state index in [9.17, 15) is 22.4 Å². The second-order valence-corrected chi connectivity index (χ2v) is 4.86. The number of aromatic nitrogens is 1. The first-order valence-corrected chi connectivity index (χ1v) is 6.24. The Hall–Kier alpha value is -2.44. The van der Waals surface area contributed by atoms with Crippen LogP contribution >= 0.6 is 0 Å². The molecule has 0 N–H and O–H groups in total. The van der Waals surface area contributed by atoms with Gasteiger partial charge in [-0.15, -0.1) is 0 Å². The van der Waals surface area contributed by atoms with Crippen LogP contribution in [0.15, 0.2) is 36.5 Å². The predicted octanol–water partition coefficient (Wildman–Crippen LogP) is 3.61. The zero-order chi connectivity index (χ0) is 16.5. The number of carbonyl (C=O) groups excluding carboxylic acids is 1. The summed E-state index contributed by atoms with van der Waals surface area (Å²) in [5.74, 6) is -1.28. The minimum atomic E-state index is -4.64. The number of rotatable bonds is 2. The molecule has 0 saturated carbocycles. The molecule has 3 nitrogen and oxygen atoms in total. The quantitative estimate of drug-likeness (QED) is 0.794. The number of pyridine rings is 1. The molecular weight excluding hydrogens is 300 g/mol. The summed E-state index contributed by atoms with van der Waals surface area (Å²) in [5.41, 5.74) is -0.643. The maximum absolute atomic E-state index is 13.4. The summed E-state index contributed by atoms with van der Waals surface area (Å²) in [6.45, 7) is 0. The molecule has 2 aromatic rings. The van der Waals surface area contributed by atoms with Crippen molar-refractivity contribution >= 4 is 5.91 Å². The molecular formula is C15H12F4N2O. The van der Waals surface area contributed by atoms with E-state index in [-0.39, 0.29) is 17.2 Å². The fourth-order valence-corrected chi connectivity index (χ4v) is 1.85. The third-order valence-electron chi connectivity index (χ3n) is 2.94. The van der Waals surface area contributed by atoms with E-state index in [2.05, 4.69) is 4.98 Å². The largest absolute Gasteiger partial charge is 0.416 e. The zero-order valence-corrected chi connectivity index (χ0v) is 11.8. The maximum atomic E-state index is 13.4. The minimum absolute atomic E-state index is 0.00354. The lowest BCUT2D eigenvalue weighted by molar-refractivity contribution is -0.137. The van der Waals surface area contributed by atoms with E-state index in [1.54, 1.807) is 14.1 Å². The first-order valence-electron chi connectivity index (χ1n) is 6.24. The first-order chi connectivity index (χ1) is 10.2. The van der Waals surface area contributed by atoms with E-state index < -0.39 is 17.6 Å². The van der Waals surface area contributed by atoms with Gasteiger partial charge in [0.2, 0.25) is 0 Å². The van der Waals surface area contributed by atoms with Crippen LogP contribution in [0.2, 0.25) is 0 Å². The molecule has 0 aliphatic heterocycles. The average Bonchev–Trinajstić information content (AvgIpc) is 2.45.